The van der Waals surface area contributed by atoms with E-state index < -0.39 is 0 Å². The number of hydrogen-bond acceptors (Lipinski definition) is 2. The number of benzene rings is 1. The molecule has 0 bridgehead atoms. The number of hydrogen-bond donors (Lipinski definition) is 0. The van der Waals surface area contributed by atoms with Crippen molar-refractivity contribution in [2.24, 2.45) is 5.16 Å². The van der Waals surface area contributed by atoms with Crippen molar-refractivity contribution in [3.63, 3.8) is 0 Å². The van der Waals surface area contributed by atoms with Gasteiger partial charge < -0.3 is 4.84 Å². The molecular weight excluding hydrogens is 186 g/mol. The predicted octanol–water partition coefficient (Wildman–Crippen LogP) is 2.98. The van der Waals surface area contributed by atoms with Gasteiger partial charge in [-0.05, 0) is 18.6 Å². The minimum Gasteiger partial charge on any atom is -0.395 e. The maximum Gasteiger partial charge on any atom is 0.139 e. The first-order valence-electron chi connectivity index (χ1n) is 4.16. The average Bonchev–Trinajstić information content (AvgIpc) is 2.13. The second kappa shape index (κ2) is 5.60. The molecule has 0 amide bonds. The SMILES string of the molecule is CCCO/N=[C]\c1cccc(Cl)c1. The van der Waals surface area contributed by atoms with E-state index in [1.54, 1.807) is 12.1 Å². The second-order valence-corrected chi connectivity index (χ2v) is 2.98. The Kier molecular flexibility index (Phi) is 4.33. The molecule has 1 rings (SSSR count). The van der Waals surface area contributed by atoms with Gasteiger partial charge in [-0.15, -0.1) is 0 Å². The Morgan fingerprint density at radius 2 is 2.38 bits per heavy atom. The molecule has 0 aliphatic heterocycles. The van der Waals surface area contributed by atoms with Gasteiger partial charge >= 0.3 is 0 Å². The highest BCUT2D eigenvalue weighted by Crippen LogP contribution is 2.08. The lowest BCUT2D eigenvalue weighted by atomic mass is 10.2. The molecule has 0 aromatic heterocycles. The van der Waals surface area contributed by atoms with Crippen molar-refractivity contribution in [2.75, 3.05) is 6.61 Å². The lowest BCUT2D eigenvalue weighted by molar-refractivity contribution is 0.146. The Bertz CT molecular complexity index is 286. The van der Waals surface area contributed by atoms with Crippen LogP contribution in [0, 0.1) is 0 Å². The van der Waals surface area contributed by atoms with Crippen molar-refractivity contribution >= 4 is 17.8 Å². The zero-order chi connectivity index (χ0) is 9.52. The molecule has 0 unspecified atom stereocenters. The van der Waals surface area contributed by atoms with E-state index in [1.165, 1.54) is 0 Å². The van der Waals surface area contributed by atoms with E-state index in [0.29, 0.717) is 11.6 Å². The van der Waals surface area contributed by atoms with Gasteiger partial charge in [0.15, 0.2) is 0 Å². The minimum absolute atomic E-state index is 0.619. The monoisotopic (exact) mass is 196 g/mol. The van der Waals surface area contributed by atoms with Crippen LogP contribution in [-0.4, -0.2) is 12.8 Å². The van der Waals surface area contributed by atoms with Gasteiger partial charge in [-0.2, -0.15) is 0 Å². The lowest BCUT2D eigenvalue weighted by Gasteiger charge is -1.94. The minimum atomic E-state index is 0.619. The lowest BCUT2D eigenvalue weighted by Crippen LogP contribution is -1.86. The van der Waals surface area contributed by atoms with E-state index in [9.17, 15) is 0 Å². The summed E-state index contributed by atoms with van der Waals surface area (Å²) in [5.74, 6) is 0. The topological polar surface area (TPSA) is 21.6 Å². The van der Waals surface area contributed by atoms with Crippen LogP contribution < -0.4 is 0 Å². The highest BCUT2D eigenvalue weighted by Gasteiger charge is 1.90. The molecule has 1 radical (unpaired) electrons. The molecule has 0 aliphatic carbocycles. The van der Waals surface area contributed by atoms with Crippen LogP contribution in [0.25, 0.3) is 0 Å². The summed E-state index contributed by atoms with van der Waals surface area (Å²) < 4.78 is 0. The fraction of sp³-hybridized carbons (Fsp3) is 0.300. The van der Waals surface area contributed by atoms with Gasteiger partial charge in [-0.3, -0.25) is 0 Å². The van der Waals surface area contributed by atoms with E-state index in [0.717, 1.165) is 12.0 Å². The quantitative estimate of drug-likeness (QED) is 0.412. The molecule has 13 heavy (non-hydrogen) atoms. The Hall–Kier alpha value is -1.02. The summed E-state index contributed by atoms with van der Waals surface area (Å²) in [4.78, 5) is 4.90. The largest absolute Gasteiger partial charge is 0.395 e. The molecule has 0 aliphatic rings. The maximum absolute atomic E-state index is 5.76. The van der Waals surface area contributed by atoms with Crippen LogP contribution in [0.5, 0.6) is 0 Å². The van der Waals surface area contributed by atoms with Crippen LogP contribution in [0.2, 0.25) is 5.02 Å². The van der Waals surface area contributed by atoms with Crippen LogP contribution >= 0.6 is 11.6 Å². The van der Waals surface area contributed by atoms with Crippen molar-refractivity contribution in [3.8, 4) is 0 Å². The summed E-state index contributed by atoms with van der Waals surface area (Å²) in [5, 5.41) is 4.34. The molecule has 0 saturated heterocycles. The van der Waals surface area contributed by atoms with Crippen LogP contribution in [0.1, 0.15) is 18.9 Å². The van der Waals surface area contributed by atoms with Crippen molar-refractivity contribution in [2.45, 2.75) is 13.3 Å². The van der Waals surface area contributed by atoms with Crippen LogP contribution in [-0.2, 0) is 4.84 Å². The van der Waals surface area contributed by atoms with E-state index >= 15 is 0 Å². The smallest absolute Gasteiger partial charge is 0.139 e. The Morgan fingerprint density at radius 1 is 1.54 bits per heavy atom. The Labute approximate surface area is 83.2 Å². The second-order valence-electron chi connectivity index (χ2n) is 2.55. The molecule has 0 N–H and O–H groups in total. The van der Waals surface area contributed by atoms with Gasteiger partial charge in [-0.25, -0.2) is 0 Å². The molecule has 0 saturated carbocycles. The third kappa shape index (κ3) is 3.95. The first-order valence-corrected chi connectivity index (χ1v) is 4.54. The van der Waals surface area contributed by atoms with E-state index in [4.69, 9.17) is 16.4 Å². The van der Waals surface area contributed by atoms with Crippen molar-refractivity contribution in [3.05, 3.63) is 34.9 Å². The van der Waals surface area contributed by atoms with Gasteiger partial charge in [0.2, 0.25) is 0 Å². The first kappa shape index (κ1) is 10.1. The van der Waals surface area contributed by atoms with E-state index in [-0.39, 0.29) is 0 Å². The summed E-state index contributed by atoms with van der Waals surface area (Å²) in [5.41, 5.74) is 0.823. The number of rotatable bonds is 4. The standard InChI is InChI=1S/C10H11ClNO/c1-2-6-13-12-8-9-4-3-5-10(11)7-9/h3-5,7H,2,6H2,1H3. The molecule has 1 aromatic carbocycles. The number of nitrogens with zero attached hydrogens (tertiary/aromatic N) is 1. The molecule has 0 atom stereocenters. The van der Waals surface area contributed by atoms with Gasteiger partial charge in [0.25, 0.3) is 0 Å². The van der Waals surface area contributed by atoms with Gasteiger partial charge in [0.05, 0.1) is 0 Å². The summed E-state index contributed by atoms with van der Waals surface area (Å²) in [6.45, 7) is 2.64. The zero-order valence-corrected chi connectivity index (χ0v) is 8.21. The average molecular weight is 197 g/mol. The fourth-order valence-corrected chi connectivity index (χ4v) is 0.970. The van der Waals surface area contributed by atoms with Crippen molar-refractivity contribution in [1.82, 2.24) is 0 Å². The van der Waals surface area contributed by atoms with Gasteiger partial charge in [0.1, 0.15) is 12.8 Å². The van der Waals surface area contributed by atoms with Crippen molar-refractivity contribution < 1.29 is 4.84 Å². The van der Waals surface area contributed by atoms with E-state index in [2.05, 4.69) is 11.4 Å². The third-order valence-corrected chi connectivity index (χ3v) is 1.59. The Morgan fingerprint density at radius 3 is 3.08 bits per heavy atom. The van der Waals surface area contributed by atoms with Crippen LogP contribution in [0.4, 0.5) is 0 Å². The zero-order valence-electron chi connectivity index (χ0n) is 7.46. The normalized spacial score (nSPS) is 10.6. The molecule has 0 fully saturated rings. The van der Waals surface area contributed by atoms with Gasteiger partial charge in [-0.1, -0.05) is 35.8 Å². The summed E-state index contributed by atoms with van der Waals surface area (Å²) in [7, 11) is 0. The molecule has 2 nitrogen and oxygen atoms in total. The molecule has 1 aromatic rings. The van der Waals surface area contributed by atoms with Crippen LogP contribution in [0.15, 0.2) is 29.4 Å². The summed E-state index contributed by atoms with van der Waals surface area (Å²) in [6.07, 6.45) is 3.68. The number of halogens is 1. The first-order chi connectivity index (χ1) is 6.33. The molecule has 0 heterocycles. The van der Waals surface area contributed by atoms with Crippen LogP contribution in [0.3, 0.4) is 0 Å². The highest BCUT2D eigenvalue weighted by atomic mass is 35.5. The summed E-state index contributed by atoms with van der Waals surface area (Å²) >= 11 is 5.76. The maximum atomic E-state index is 5.76. The molecule has 3 heteroatoms. The van der Waals surface area contributed by atoms with E-state index in [1.807, 2.05) is 19.1 Å². The van der Waals surface area contributed by atoms with Gasteiger partial charge in [0, 0.05) is 10.6 Å². The van der Waals surface area contributed by atoms with Crippen molar-refractivity contribution in [1.29, 1.82) is 0 Å². The third-order valence-electron chi connectivity index (χ3n) is 1.36. The molecular formula is C10H11ClNO. The summed E-state index contributed by atoms with van der Waals surface area (Å²) in [6, 6.07) is 7.30. The molecule has 69 valence electrons. The Balaban J connectivity index is 2.48. The fourth-order valence-electron chi connectivity index (χ4n) is 0.780. The predicted molar refractivity (Wildman–Crippen MR) is 54.2 cm³/mol. The highest BCUT2D eigenvalue weighted by molar-refractivity contribution is 6.30. The molecule has 0 spiro atoms.